The summed E-state index contributed by atoms with van der Waals surface area (Å²) in [5, 5.41) is 2.71. The fourth-order valence-corrected chi connectivity index (χ4v) is 2.33. The Morgan fingerprint density at radius 3 is 2.54 bits per heavy atom. The molecule has 0 aliphatic heterocycles. The van der Waals surface area contributed by atoms with Crippen LogP contribution in [0.3, 0.4) is 0 Å². The van der Waals surface area contributed by atoms with Crippen molar-refractivity contribution in [3.63, 3.8) is 0 Å². The Balaban J connectivity index is 1.65. The minimum atomic E-state index is -0.341. The van der Waals surface area contributed by atoms with Gasteiger partial charge in [0.05, 0.1) is 13.4 Å². The quantitative estimate of drug-likeness (QED) is 0.529. The molecule has 2 aromatic carbocycles. The second-order valence-corrected chi connectivity index (χ2v) is 5.48. The van der Waals surface area contributed by atoms with Crippen LogP contribution >= 0.6 is 0 Å². The molecule has 3 rings (SSSR count). The number of carbonyl (C=O) groups excluding carboxylic acids is 2. The Bertz CT molecular complexity index is 925. The summed E-state index contributed by atoms with van der Waals surface area (Å²) in [6.45, 7) is 0. The number of ketones is 1. The molecule has 3 aromatic rings. The van der Waals surface area contributed by atoms with Gasteiger partial charge < -0.3 is 14.5 Å². The zero-order valence-electron chi connectivity index (χ0n) is 14.1. The van der Waals surface area contributed by atoms with Crippen LogP contribution in [0.25, 0.3) is 6.08 Å². The van der Waals surface area contributed by atoms with Gasteiger partial charge in [-0.2, -0.15) is 0 Å². The third-order valence-electron chi connectivity index (χ3n) is 3.69. The van der Waals surface area contributed by atoms with Gasteiger partial charge in [0.2, 0.25) is 0 Å². The number of benzene rings is 2. The first-order chi connectivity index (χ1) is 12.7. The highest BCUT2D eigenvalue weighted by Crippen LogP contribution is 2.15. The zero-order chi connectivity index (χ0) is 18.4. The molecule has 5 heteroatoms. The number of hydrogen-bond acceptors (Lipinski definition) is 4. The van der Waals surface area contributed by atoms with Crippen molar-refractivity contribution in [1.29, 1.82) is 0 Å². The van der Waals surface area contributed by atoms with Crippen molar-refractivity contribution < 1.29 is 18.7 Å². The van der Waals surface area contributed by atoms with E-state index in [1.165, 1.54) is 12.3 Å². The van der Waals surface area contributed by atoms with Gasteiger partial charge in [-0.1, -0.05) is 18.2 Å². The van der Waals surface area contributed by atoms with Crippen LogP contribution in [0.1, 0.15) is 26.5 Å². The molecule has 0 saturated heterocycles. The fourth-order valence-electron chi connectivity index (χ4n) is 2.33. The van der Waals surface area contributed by atoms with Gasteiger partial charge in [-0.15, -0.1) is 0 Å². The number of carbonyl (C=O) groups is 2. The summed E-state index contributed by atoms with van der Waals surface area (Å²) in [6, 6.07) is 17.3. The van der Waals surface area contributed by atoms with E-state index in [1.807, 2.05) is 24.3 Å². The Labute approximate surface area is 150 Å². The molecule has 1 N–H and O–H groups in total. The first kappa shape index (κ1) is 17.2. The number of furan rings is 1. The molecule has 130 valence electrons. The number of amides is 1. The Morgan fingerprint density at radius 2 is 1.85 bits per heavy atom. The molecular formula is C21H17NO4. The predicted octanol–water partition coefficient (Wildman–Crippen LogP) is 4.44. The van der Waals surface area contributed by atoms with Crippen LogP contribution in [0.2, 0.25) is 0 Å². The largest absolute Gasteiger partial charge is 0.497 e. The van der Waals surface area contributed by atoms with Crippen molar-refractivity contribution in [3.05, 3.63) is 89.9 Å². The monoisotopic (exact) mass is 347 g/mol. The third-order valence-corrected chi connectivity index (χ3v) is 3.69. The van der Waals surface area contributed by atoms with Crippen molar-refractivity contribution in [3.8, 4) is 5.75 Å². The lowest BCUT2D eigenvalue weighted by Crippen LogP contribution is -2.10. The minimum Gasteiger partial charge on any atom is -0.497 e. The van der Waals surface area contributed by atoms with E-state index in [0.29, 0.717) is 11.3 Å². The molecule has 1 amide bonds. The molecule has 5 nitrogen and oxygen atoms in total. The lowest BCUT2D eigenvalue weighted by atomic mass is 10.1. The van der Waals surface area contributed by atoms with E-state index < -0.39 is 0 Å². The van der Waals surface area contributed by atoms with Gasteiger partial charge in [0.25, 0.3) is 5.91 Å². The molecule has 0 bridgehead atoms. The molecule has 0 saturated carbocycles. The van der Waals surface area contributed by atoms with Crippen molar-refractivity contribution in [2.45, 2.75) is 0 Å². The maximum atomic E-state index is 12.3. The summed E-state index contributed by atoms with van der Waals surface area (Å²) >= 11 is 0. The minimum absolute atomic E-state index is 0.128. The standard InChI is InChI=1S/C21H17NO4/c1-25-18-5-2-4-15(14-18)7-12-19(23)16-8-10-17(11-9-16)22-21(24)20-6-3-13-26-20/h2-14H,1H3,(H,22,24)/b12-7+. The number of hydrogen-bond donors (Lipinski definition) is 1. The SMILES string of the molecule is COc1cccc(/C=C/C(=O)c2ccc(NC(=O)c3ccco3)cc2)c1. The highest BCUT2D eigenvalue weighted by Gasteiger charge is 2.09. The van der Waals surface area contributed by atoms with Crippen LogP contribution in [0.4, 0.5) is 5.69 Å². The highest BCUT2D eigenvalue weighted by molar-refractivity contribution is 6.07. The van der Waals surface area contributed by atoms with Crippen LogP contribution in [-0.4, -0.2) is 18.8 Å². The smallest absolute Gasteiger partial charge is 0.291 e. The number of allylic oxidation sites excluding steroid dienone is 1. The molecule has 0 aliphatic carbocycles. The van der Waals surface area contributed by atoms with E-state index in [9.17, 15) is 9.59 Å². The number of nitrogens with one attached hydrogen (secondary N) is 1. The molecule has 1 heterocycles. The van der Waals surface area contributed by atoms with Gasteiger partial charge in [0.1, 0.15) is 5.75 Å². The van der Waals surface area contributed by atoms with Gasteiger partial charge in [-0.05, 0) is 60.2 Å². The number of anilines is 1. The lowest BCUT2D eigenvalue weighted by Gasteiger charge is -2.04. The fraction of sp³-hybridized carbons (Fsp3) is 0.0476. The van der Waals surface area contributed by atoms with Gasteiger partial charge in [0.15, 0.2) is 11.5 Å². The van der Waals surface area contributed by atoms with Crippen molar-refractivity contribution in [1.82, 2.24) is 0 Å². The topological polar surface area (TPSA) is 68.5 Å². The Hall–Kier alpha value is -3.60. The van der Waals surface area contributed by atoms with Crippen LogP contribution in [0.5, 0.6) is 5.75 Å². The molecule has 0 atom stereocenters. The molecule has 0 fully saturated rings. The molecule has 0 unspecified atom stereocenters. The maximum Gasteiger partial charge on any atom is 0.291 e. The van der Waals surface area contributed by atoms with Crippen molar-refractivity contribution in [2.24, 2.45) is 0 Å². The Kier molecular flexibility index (Phi) is 5.29. The van der Waals surface area contributed by atoms with E-state index in [1.54, 1.807) is 49.6 Å². The van der Waals surface area contributed by atoms with E-state index in [4.69, 9.17) is 9.15 Å². The summed E-state index contributed by atoms with van der Waals surface area (Å²) < 4.78 is 10.2. The Morgan fingerprint density at radius 1 is 1.04 bits per heavy atom. The van der Waals surface area contributed by atoms with Gasteiger partial charge in [-0.25, -0.2) is 0 Å². The summed E-state index contributed by atoms with van der Waals surface area (Å²) in [6.07, 6.45) is 4.67. The molecule has 0 spiro atoms. The lowest BCUT2D eigenvalue weighted by molar-refractivity contribution is 0.0996. The van der Waals surface area contributed by atoms with E-state index in [-0.39, 0.29) is 17.5 Å². The van der Waals surface area contributed by atoms with Crippen LogP contribution in [-0.2, 0) is 0 Å². The summed E-state index contributed by atoms with van der Waals surface area (Å²) in [4.78, 5) is 24.2. The van der Waals surface area contributed by atoms with Crippen molar-refractivity contribution in [2.75, 3.05) is 12.4 Å². The summed E-state index contributed by atoms with van der Waals surface area (Å²) in [5.74, 6) is 0.492. The van der Waals surface area contributed by atoms with Crippen LogP contribution in [0, 0.1) is 0 Å². The maximum absolute atomic E-state index is 12.3. The second-order valence-electron chi connectivity index (χ2n) is 5.48. The van der Waals surface area contributed by atoms with Gasteiger partial charge in [0, 0.05) is 11.3 Å². The van der Waals surface area contributed by atoms with Gasteiger partial charge >= 0.3 is 0 Å². The van der Waals surface area contributed by atoms with E-state index in [0.717, 1.165) is 11.3 Å². The third kappa shape index (κ3) is 4.27. The summed E-state index contributed by atoms with van der Waals surface area (Å²) in [5.41, 5.74) is 1.99. The average Bonchev–Trinajstić information content (AvgIpc) is 3.22. The predicted molar refractivity (Wildman–Crippen MR) is 99.5 cm³/mol. The summed E-state index contributed by atoms with van der Waals surface area (Å²) in [7, 11) is 1.60. The number of methoxy groups -OCH3 is 1. The molecule has 0 radical (unpaired) electrons. The first-order valence-electron chi connectivity index (χ1n) is 7.97. The van der Waals surface area contributed by atoms with Crippen LogP contribution < -0.4 is 10.1 Å². The number of rotatable bonds is 6. The first-order valence-corrected chi connectivity index (χ1v) is 7.97. The van der Waals surface area contributed by atoms with Crippen LogP contribution in [0.15, 0.2) is 77.4 Å². The second kappa shape index (κ2) is 7.98. The molecule has 26 heavy (non-hydrogen) atoms. The highest BCUT2D eigenvalue weighted by atomic mass is 16.5. The van der Waals surface area contributed by atoms with Crippen molar-refractivity contribution >= 4 is 23.5 Å². The molecule has 1 aromatic heterocycles. The average molecular weight is 347 g/mol. The van der Waals surface area contributed by atoms with E-state index >= 15 is 0 Å². The normalized spacial score (nSPS) is 10.7. The van der Waals surface area contributed by atoms with E-state index in [2.05, 4.69) is 5.32 Å². The zero-order valence-corrected chi connectivity index (χ0v) is 14.1. The molecular weight excluding hydrogens is 330 g/mol. The molecule has 0 aliphatic rings. The number of ether oxygens (including phenoxy) is 1. The van der Waals surface area contributed by atoms with Gasteiger partial charge in [-0.3, -0.25) is 9.59 Å².